The van der Waals surface area contributed by atoms with Gasteiger partial charge in [0, 0.05) is 21.8 Å². The third-order valence-corrected chi connectivity index (χ3v) is 4.65. The summed E-state index contributed by atoms with van der Waals surface area (Å²) in [7, 11) is 0. The third kappa shape index (κ3) is 2.03. The average molecular weight is 289 g/mol. The Hall–Kier alpha value is -2.52. The number of thiophene rings is 1. The Morgan fingerprint density at radius 3 is 2.76 bits per heavy atom. The molecule has 0 unspecified atom stereocenters. The first kappa shape index (κ1) is 12.2. The molecular weight excluding hydrogens is 278 g/mol. The molecule has 0 atom stereocenters. The predicted octanol–water partition coefficient (Wildman–Crippen LogP) is 4.68. The average Bonchev–Trinajstić information content (AvgIpc) is 2.97. The number of benzene rings is 2. The van der Waals surface area contributed by atoms with Crippen molar-refractivity contribution in [2.24, 2.45) is 0 Å². The lowest BCUT2D eigenvalue weighted by atomic mass is 10.0. The first-order chi connectivity index (χ1) is 10.3. The highest BCUT2D eigenvalue weighted by Gasteiger charge is 2.15. The van der Waals surface area contributed by atoms with E-state index in [1.807, 2.05) is 60.7 Å². The summed E-state index contributed by atoms with van der Waals surface area (Å²) in [6.45, 7) is 0. The largest absolute Gasteiger partial charge is 0.288 e. The van der Waals surface area contributed by atoms with Crippen LogP contribution in [0.2, 0.25) is 0 Å². The lowest BCUT2D eigenvalue weighted by Crippen LogP contribution is -1.99. The maximum Gasteiger partial charge on any atom is 0.203 e. The Morgan fingerprint density at radius 2 is 1.86 bits per heavy atom. The van der Waals surface area contributed by atoms with Gasteiger partial charge in [-0.15, -0.1) is 11.3 Å². The van der Waals surface area contributed by atoms with Gasteiger partial charge in [0.2, 0.25) is 5.78 Å². The molecule has 0 N–H and O–H groups in total. The van der Waals surface area contributed by atoms with Gasteiger partial charge in [-0.3, -0.25) is 9.78 Å². The van der Waals surface area contributed by atoms with E-state index in [2.05, 4.69) is 4.98 Å². The van der Waals surface area contributed by atoms with Gasteiger partial charge in [-0.1, -0.05) is 36.4 Å². The fourth-order valence-electron chi connectivity index (χ4n) is 2.53. The predicted molar refractivity (Wildman–Crippen MR) is 87.0 cm³/mol. The van der Waals surface area contributed by atoms with Crippen LogP contribution in [-0.2, 0) is 0 Å². The number of pyridine rings is 1. The molecule has 2 aromatic heterocycles. The van der Waals surface area contributed by atoms with Crippen LogP contribution in [0.15, 0.2) is 66.9 Å². The Morgan fingerprint density at radius 1 is 0.952 bits per heavy atom. The van der Waals surface area contributed by atoms with Gasteiger partial charge in [-0.2, -0.15) is 0 Å². The topological polar surface area (TPSA) is 30.0 Å². The highest BCUT2D eigenvalue weighted by atomic mass is 32.1. The molecule has 0 aliphatic rings. The fraction of sp³-hybridized carbons (Fsp3) is 0. The smallest absolute Gasteiger partial charge is 0.203 e. The normalized spacial score (nSPS) is 11.0. The molecule has 0 saturated heterocycles. The van der Waals surface area contributed by atoms with E-state index in [9.17, 15) is 4.79 Å². The van der Waals surface area contributed by atoms with E-state index in [1.54, 1.807) is 6.20 Å². The fourth-order valence-corrected chi connectivity index (χ4v) is 3.54. The zero-order valence-corrected chi connectivity index (χ0v) is 11.9. The molecule has 3 heteroatoms. The summed E-state index contributed by atoms with van der Waals surface area (Å²) < 4.78 is 1.14. The van der Waals surface area contributed by atoms with E-state index in [0.717, 1.165) is 25.9 Å². The van der Waals surface area contributed by atoms with Crippen molar-refractivity contribution in [1.82, 2.24) is 4.98 Å². The molecule has 2 aromatic carbocycles. The van der Waals surface area contributed by atoms with E-state index in [1.165, 1.54) is 11.3 Å². The molecule has 0 saturated carbocycles. The van der Waals surface area contributed by atoms with Crippen molar-refractivity contribution in [2.45, 2.75) is 0 Å². The number of nitrogens with zero attached hydrogens (tertiary/aromatic N) is 1. The molecule has 0 fully saturated rings. The number of fused-ring (bicyclic) bond motifs is 2. The van der Waals surface area contributed by atoms with Gasteiger partial charge in [0.25, 0.3) is 0 Å². The number of rotatable bonds is 2. The van der Waals surface area contributed by atoms with Gasteiger partial charge in [0.1, 0.15) is 0 Å². The van der Waals surface area contributed by atoms with Crippen LogP contribution in [0.4, 0.5) is 0 Å². The zero-order chi connectivity index (χ0) is 14.2. The minimum Gasteiger partial charge on any atom is -0.288 e. The minimum atomic E-state index is 0.0646. The number of carbonyl (C=O) groups is 1. The van der Waals surface area contributed by atoms with Crippen LogP contribution in [0.25, 0.3) is 21.0 Å². The van der Waals surface area contributed by atoms with Crippen molar-refractivity contribution in [2.75, 3.05) is 0 Å². The maximum absolute atomic E-state index is 12.8. The molecule has 2 nitrogen and oxygen atoms in total. The van der Waals surface area contributed by atoms with Gasteiger partial charge >= 0.3 is 0 Å². The third-order valence-electron chi connectivity index (χ3n) is 3.54. The first-order valence-electron chi connectivity index (χ1n) is 6.70. The molecule has 2 heterocycles. The van der Waals surface area contributed by atoms with Crippen molar-refractivity contribution >= 4 is 38.1 Å². The van der Waals surface area contributed by atoms with Gasteiger partial charge in [-0.05, 0) is 29.7 Å². The summed E-state index contributed by atoms with van der Waals surface area (Å²) in [5.74, 6) is 0.0646. The Balaban J connectivity index is 1.90. The second-order valence-electron chi connectivity index (χ2n) is 4.85. The second-order valence-corrected chi connectivity index (χ2v) is 5.94. The molecule has 0 bridgehead atoms. The highest BCUT2D eigenvalue weighted by Crippen LogP contribution is 2.28. The van der Waals surface area contributed by atoms with Gasteiger partial charge < -0.3 is 0 Å². The molecule has 0 spiro atoms. The summed E-state index contributed by atoms with van der Waals surface area (Å²) in [6, 6.07) is 19.5. The van der Waals surface area contributed by atoms with Crippen molar-refractivity contribution in [3.63, 3.8) is 0 Å². The van der Waals surface area contributed by atoms with E-state index >= 15 is 0 Å². The number of ketones is 1. The maximum atomic E-state index is 12.8. The molecule has 21 heavy (non-hydrogen) atoms. The van der Waals surface area contributed by atoms with Crippen LogP contribution in [0.3, 0.4) is 0 Å². The van der Waals surface area contributed by atoms with Crippen LogP contribution in [-0.4, -0.2) is 10.8 Å². The molecule has 0 aliphatic heterocycles. The molecular formula is C18H11NOS. The first-order valence-corrected chi connectivity index (χ1v) is 7.51. The van der Waals surface area contributed by atoms with Gasteiger partial charge in [0.05, 0.1) is 10.4 Å². The minimum absolute atomic E-state index is 0.0646. The summed E-state index contributed by atoms with van der Waals surface area (Å²) in [5.41, 5.74) is 1.57. The number of hydrogen-bond acceptors (Lipinski definition) is 3. The Labute approximate surface area is 125 Å². The summed E-state index contributed by atoms with van der Waals surface area (Å²) in [5, 5.41) is 2.02. The molecule has 0 aliphatic carbocycles. The van der Waals surface area contributed by atoms with E-state index in [4.69, 9.17) is 0 Å². The van der Waals surface area contributed by atoms with Crippen molar-refractivity contribution < 1.29 is 4.79 Å². The number of aromatic nitrogens is 1. The van der Waals surface area contributed by atoms with E-state index < -0.39 is 0 Å². The summed E-state index contributed by atoms with van der Waals surface area (Å²) >= 11 is 1.54. The summed E-state index contributed by atoms with van der Waals surface area (Å²) in [6.07, 6.45) is 1.75. The van der Waals surface area contributed by atoms with Crippen molar-refractivity contribution in [1.29, 1.82) is 0 Å². The van der Waals surface area contributed by atoms with Crippen molar-refractivity contribution in [3.8, 4) is 0 Å². The van der Waals surface area contributed by atoms with Crippen LogP contribution in [0, 0.1) is 0 Å². The lowest BCUT2D eigenvalue weighted by Gasteiger charge is -2.03. The quantitative estimate of drug-likeness (QED) is 0.501. The van der Waals surface area contributed by atoms with Crippen LogP contribution in [0.5, 0.6) is 0 Å². The van der Waals surface area contributed by atoms with E-state index in [-0.39, 0.29) is 5.78 Å². The zero-order valence-electron chi connectivity index (χ0n) is 11.1. The Kier molecular flexibility index (Phi) is 2.79. The molecule has 4 aromatic rings. The van der Waals surface area contributed by atoms with Crippen molar-refractivity contribution in [3.05, 3.63) is 77.3 Å². The van der Waals surface area contributed by atoms with Gasteiger partial charge in [-0.25, -0.2) is 0 Å². The van der Waals surface area contributed by atoms with Crippen LogP contribution >= 0.6 is 11.3 Å². The standard InChI is InChI=1S/C18H11NOS/c20-18(17-11-12-5-1-2-9-16(12)21-17)14-6-3-8-15-13(14)7-4-10-19-15/h1-11H. The summed E-state index contributed by atoms with van der Waals surface area (Å²) in [4.78, 5) is 17.9. The number of carbonyl (C=O) groups excluding carboxylic acids is 1. The molecule has 0 amide bonds. The van der Waals surface area contributed by atoms with Gasteiger partial charge in [0.15, 0.2) is 0 Å². The SMILES string of the molecule is O=C(c1cc2ccccc2s1)c1cccc2ncccc12. The van der Waals surface area contributed by atoms with E-state index in [0.29, 0.717) is 5.56 Å². The highest BCUT2D eigenvalue weighted by molar-refractivity contribution is 7.21. The molecule has 4 rings (SSSR count). The van der Waals surface area contributed by atoms with Crippen LogP contribution < -0.4 is 0 Å². The molecule has 0 radical (unpaired) electrons. The monoisotopic (exact) mass is 289 g/mol. The lowest BCUT2D eigenvalue weighted by molar-refractivity contribution is 0.104. The number of hydrogen-bond donors (Lipinski definition) is 0. The second kappa shape index (κ2) is 4.79. The Bertz CT molecular complexity index is 933. The van der Waals surface area contributed by atoms with Crippen LogP contribution in [0.1, 0.15) is 15.2 Å². The molecule has 100 valence electrons.